The Hall–Kier alpha value is -2.53. The Morgan fingerprint density at radius 1 is 1.09 bits per heavy atom. The number of hydrogen-bond acceptors (Lipinski definition) is 7. The monoisotopic (exact) mass is 501 g/mol. The van der Waals surface area contributed by atoms with Crippen LogP contribution >= 0.6 is 11.3 Å². The standard InChI is InChI=1S/C24H31N5O3S2/c1-17-15-18(2)22-21(16-17)33-24(26-22)29-13-11-28(12-14-29)10-9-25-23(30)19-5-7-20(8-6-19)34(31,32)27(3)4/h5-8,15-16H,9-14H2,1-4H3,(H,25,30). The molecule has 1 amide bonds. The van der Waals surface area contributed by atoms with Gasteiger partial charge in [0.2, 0.25) is 10.0 Å². The first-order valence-electron chi connectivity index (χ1n) is 11.3. The zero-order valence-electron chi connectivity index (χ0n) is 20.0. The Bertz CT molecular complexity index is 1280. The van der Waals surface area contributed by atoms with Gasteiger partial charge in [-0.25, -0.2) is 17.7 Å². The number of amides is 1. The molecule has 3 aromatic rings. The lowest BCUT2D eigenvalue weighted by molar-refractivity contribution is 0.0947. The van der Waals surface area contributed by atoms with Crippen molar-refractivity contribution in [2.24, 2.45) is 0 Å². The molecule has 34 heavy (non-hydrogen) atoms. The smallest absolute Gasteiger partial charge is 0.251 e. The quantitative estimate of drug-likeness (QED) is 0.536. The lowest BCUT2D eigenvalue weighted by Crippen LogP contribution is -2.48. The molecule has 10 heteroatoms. The molecule has 1 saturated heterocycles. The molecule has 1 aliphatic rings. The van der Waals surface area contributed by atoms with Crippen LogP contribution in [0.1, 0.15) is 21.5 Å². The van der Waals surface area contributed by atoms with Crippen molar-refractivity contribution in [3.63, 3.8) is 0 Å². The van der Waals surface area contributed by atoms with E-state index in [1.807, 2.05) is 0 Å². The fourth-order valence-corrected chi connectivity index (χ4v) is 6.17. The number of fused-ring (bicyclic) bond motifs is 1. The first-order valence-corrected chi connectivity index (χ1v) is 13.6. The number of anilines is 1. The van der Waals surface area contributed by atoms with E-state index < -0.39 is 10.0 Å². The van der Waals surface area contributed by atoms with Crippen molar-refractivity contribution in [2.75, 3.05) is 58.3 Å². The highest BCUT2D eigenvalue weighted by Crippen LogP contribution is 2.32. The van der Waals surface area contributed by atoms with Crippen molar-refractivity contribution in [3.8, 4) is 0 Å². The molecule has 0 bridgehead atoms. The van der Waals surface area contributed by atoms with Crippen molar-refractivity contribution in [2.45, 2.75) is 18.7 Å². The largest absolute Gasteiger partial charge is 0.351 e. The van der Waals surface area contributed by atoms with E-state index in [9.17, 15) is 13.2 Å². The highest BCUT2D eigenvalue weighted by molar-refractivity contribution is 7.89. The van der Waals surface area contributed by atoms with Crippen molar-refractivity contribution in [3.05, 3.63) is 53.1 Å². The van der Waals surface area contributed by atoms with Gasteiger partial charge in [0.25, 0.3) is 5.91 Å². The van der Waals surface area contributed by atoms with Gasteiger partial charge < -0.3 is 10.2 Å². The highest BCUT2D eigenvalue weighted by atomic mass is 32.2. The van der Waals surface area contributed by atoms with E-state index >= 15 is 0 Å². The molecule has 0 spiro atoms. The van der Waals surface area contributed by atoms with E-state index in [2.05, 4.69) is 41.1 Å². The van der Waals surface area contributed by atoms with Crippen LogP contribution in [0.25, 0.3) is 10.2 Å². The third-order valence-electron chi connectivity index (χ3n) is 6.07. The van der Waals surface area contributed by atoms with Crippen molar-refractivity contribution < 1.29 is 13.2 Å². The molecule has 0 saturated carbocycles. The van der Waals surface area contributed by atoms with E-state index in [0.717, 1.165) is 47.7 Å². The Kier molecular flexibility index (Phi) is 7.22. The van der Waals surface area contributed by atoms with E-state index in [1.165, 1.54) is 42.1 Å². The lowest BCUT2D eigenvalue weighted by Gasteiger charge is -2.34. The molecular formula is C24H31N5O3S2. The summed E-state index contributed by atoms with van der Waals surface area (Å²) in [5.41, 5.74) is 4.04. The molecule has 1 aromatic heterocycles. The minimum atomic E-state index is -3.50. The summed E-state index contributed by atoms with van der Waals surface area (Å²) in [6.45, 7) is 9.20. The molecule has 1 aliphatic heterocycles. The van der Waals surface area contributed by atoms with E-state index in [0.29, 0.717) is 12.1 Å². The van der Waals surface area contributed by atoms with Crippen molar-refractivity contribution >= 4 is 42.6 Å². The molecule has 1 fully saturated rings. The molecule has 4 rings (SSSR count). The number of nitrogens with zero attached hydrogens (tertiary/aromatic N) is 4. The summed E-state index contributed by atoms with van der Waals surface area (Å²) < 4.78 is 26.7. The summed E-state index contributed by atoms with van der Waals surface area (Å²) in [5.74, 6) is -0.201. The number of piperazine rings is 1. The second kappa shape index (κ2) is 9.99. The van der Waals surface area contributed by atoms with E-state index in [-0.39, 0.29) is 10.8 Å². The third kappa shape index (κ3) is 5.25. The molecule has 1 N–H and O–H groups in total. The first kappa shape index (κ1) is 24.6. The number of rotatable bonds is 7. The number of nitrogens with one attached hydrogen (secondary N) is 1. The van der Waals surface area contributed by atoms with E-state index in [4.69, 9.17) is 4.98 Å². The van der Waals surface area contributed by atoms with Crippen LogP contribution in [0.5, 0.6) is 0 Å². The third-order valence-corrected chi connectivity index (χ3v) is 8.96. The summed E-state index contributed by atoms with van der Waals surface area (Å²) >= 11 is 1.76. The lowest BCUT2D eigenvalue weighted by atomic mass is 10.1. The van der Waals surface area contributed by atoms with Crippen LogP contribution in [0.2, 0.25) is 0 Å². The van der Waals surface area contributed by atoms with Gasteiger partial charge >= 0.3 is 0 Å². The Morgan fingerprint density at radius 3 is 2.41 bits per heavy atom. The average molecular weight is 502 g/mol. The van der Waals surface area contributed by atoms with Gasteiger partial charge in [-0.15, -0.1) is 0 Å². The fourth-order valence-electron chi connectivity index (χ4n) is 4.08. The average Bonchev–Trinajstić information content (AvgIpc) is 3.24. The molecule has 0 atom stereocenters. The highest BCUT2D eigenvalue weighted by Gasteiger charge is 2.21. The molecule has 8 nitrogen and oxygen atoms in total. The van der Waals surface area contributed by atoms with Crippen LogP contribution in [-0.4, -0.2) is 81.9 Å². The molecule has 2 heterocycles. The van der Waals surface area contributed by atoms with Crippen LogP contribution in [-0.2, 0) is 10.0 Å². The number of carbonyl (C=O) groups excluding carboxylic acids is 1. The Morgan fingerprint density at radius 2 is 1.76 bits per heavy atom. The van der Waals surface area contributed by atoms with Crippen LogP contribution in [0.4, 0.5) is 5.13 Å². The summed E-state index contributed by atoms with van der Waals surface area (Å²) in [5, 5.41) is 4.01. The van der Waals surface area contributed by atoms with Gasteiger partial charge in [0.1, 0.15) is 0 Å². The number of sulfonamides is 1. The van der Waals surface area contributed by atoms with Crippen molar-refractivity contribution in [1.82, 2.24) is 19.5 Å². The summed E-state index contributed by atoms with van der Waals surface area (Å²) in [6.07, 6.45) is 0. The Balaban J connectivity index is 1.25. The van der Waals surface area contributed by atoms with Gasteiger partial charge in [-0.05, 0) is 55.3 Å². The normalized spacial score (nSPS) is 15.3. The number of hydrogen-bond donors (Lipinski definition) is 1. The zero-order chi connectivity index (χ0) is 24.5. The topological polar surface area (TPSA) is 85.9 Å². The summed E-state index contributed by atoms with van der Waals surface area (Å²) in [4.78, 5) is 22.2. The van der Waals surface area contributed by atoms with Gasteiger partial charge in [-0.3, -0.25) is 9.69 Å². The predicted octanol–water partition coefficient (Wildman–Crippen LogP) is 2.72. The number of thiazole rings is 1. The second-order valence-corrected chi connectivity index (χ2v) is 12.0. The van der Waals surface area contributed by atoms with Crippen LogP contribution in [0.15, 0.2) is 41.3 Å². The minimum absolute atomic E-state index is 0.172. The van der Waals surface area contributed by atoms with Gasteiger partial charge in [0.15, 0.2) is 5.13 Å². The molecular weight excluding hydrogens is 470 g/mol. The molecule has 0 unspecified atom stereocenters. The summed E-state index contributed by atoms with van der Waals surface area (Å²) in [7, 11) is -0.535. The fraction of sp³-hybridized carbons (Fsp3) is 0.417. The van der Waals surface area contributed by atoms with Crippen LogP contribution in [0, 0.1) is 13.8 Å². The number of aryl methyl sites for hydroxylation is 2. The number of carbonyl (C=O) groups is 1. The van der Waals surface area contributed by atoms with Gasteiger partial charge in [-0.1, -0.05) is 17.4 Å². The summed E-state index contributed by atoms with van der Waals surface area (Å²) in [6, 6.07) is 10.4. The minimum Gasteiger partial charge on any atom is -0.351 e. The van der Waals surface area contributed by atoms with E-state index in [1.54, 1.807) is 23.5 Å². The SMILES string of the molecule is Cc1cc(C)c2nc(N3CCN(CCNC(=O)c4ccc(S(=O)(=O)N(C)C)cc4)CC3)sc2c1. The maximum atomic E-state index is 12.5. The maximum Gasteiger partial charge on any atom is 0.251 e. The molecule has 0 aliphatic carbocycles. The van der Waals surface area contributed by atoms with Gasteiger partial charge in [-0.2, -0.15) is 0 Å². The molecule has 182 valence electrons. The predicted molar refractivity (Wildman–Crippen MR) is 137 cm³/mol. The number of aromatic nitrogens is 1. The maximum absolute atomic E-state index is 12.5. The van der Waals surface area contributed by atoms with Gasteiger partial charge in [0.05, 0.1) is 15.1 Å². The zero-order valence-corrected chi connectivity index (χ0v) is 21.7. The van der Waals surface area contributed by atoms with Gasteiger partial charge in [0, 0.05) is 58.9 Å². The van der Waals surface area contributed by atoms with Crippen molar-refractivity contribution in [1.29, 1.82) is 0 Å². The molecule has 0 radical (unpaired) electrons. The number of benzene rings is 2. The Labute approximate surface area is 205 Å². The molecule has 2 aromatic carbocycles. The van der Waals surface area contributed by atoms with Crippen LogP contribution < -0.4 is 10.2 Å². The second-order valence-electron chi connectivity index (χ2n) is 8.82. The van der Waals surface area contributed by atoms with Crippen LogP contribution in [0.3, 0.4) is 0 Å². The first-order chi connectivity index (χ1) is 16.1.